The number of nitrogens with one attached hydrogen (secondary N) is 1. The van der Waals surface area contributed by atoms with E-state index in [1.54, 1.807) is 11.3 Å². The number of nitrogens with zero attached hydrogens (tertiary/aromatic N) is 3. The van der Waals surface area contributed by atoms with Crippen LogP contribution in [0.1, 0.15) is 30.0 Å². The van der Waals surface area contributed by atoms with Gasteiger partial charge < -0.3 is 10.2 Å². The third-order valence-corrected chi connectivity index (χ3v) is 4.08. The number of aromatic nitrogens is 2. The zero-order valence-electron chi connectivity index (χ0n) is 12.6. The summed E-state index contributed by atoms with van der Waals surface area (Å²) in [5, 5.41) is 5.25. The van der Waals surface area contributed by atoms with Crippen molar-refractivity contribution in [3.63, 3.8) is 0 Å². The molecule has 0 aliphatic rings. The highest BCUT2D eigenvalue weighted by Crippen LogP contribution is 2.19. The van der Waals surface area contributed by atoms with Gasteiger partial charge in [-0.1, -0.05) is 6.07 Å². The molecule has 0 aliphatic carbocycles. The van der Waals surface area contributed by atoms with Crippen LogP contribution in [0.25, 0.3) is 0 Å². The largest absolute Gasteiger partial charge is 0.333 e. The monoisotopic (exact) mass is 290 g/mol. The van der Waals surface area contributed by atoms with Crippen LogP contribution in [0.3, 0.4) is 0 Å². The van der Waals surface area contributed by atoms with Crippen molar-refractivity contribution in [2.45, 2.75) is 39.9 Å². The van der Waals surface area contributed by atoms with Crippen molar-refractivity contribution in [3.05, 3.63) is 39.8 Å². The molecule has 2 aromatic rings. The van der Waals surface area contributed by atoms with E-state index in [0.717, 1.165) is 30.3 Å². The van der Waals surface area contributed by atoms with E-state index in [-0.39, 0.29) is 0 Å². The molecule has 0 fully saturated rings. The molecule has 0 saturated heterocycles. The molecule has 5 heteroatoms. The molecule has 0 bridgehead atoms. The smallest absolute Gasteiger partial charge is 0.226 e. The van der Waals surface area contributed by atoms with Crippen LogP contribution in [0.15, 0.2) is 23.7 Å². The van der Waals surface area contributed by atoms with Crippen molar-refractivity contribution < 1.29 is 0 Å². The van der Waals surface area contributed by atoms with E-state index in [1.165, 1.54) is 4.88 Å². The molecule has 0 spiro atoms. The second-order valence-corrected chi connectivity index (χ2v) is 6.14. The second kappa shape index (κ2) is 6.81. The quantitative estimate of drug-likeness (QED) is 0.888. The van der Waals surface area contributed by atoms with Crippen LogP contribution >= 0.6 is 11.3 Å². The highest BCUT2D eigenvalue weighted by atomic mass is 32.1. The molecule has 1 N–H and O–H groups in total. The summed E-state index contributed by atoms with van der Waals surface area (Å²) < 4.78 is 0. The van der Waals surface area contributed by atoms with Gasteiger partial charge in [0.25, 0.3) is 0 Å². The Morgan fingerprint density at radius 3 is 2.75 bits per heavy atom. The molecule has 20 heavy (non-hydrogen) atoms. The molecule has 2 heterocycles. The van der Waals surface area contributed by atoms with Crippen LogP contribution in [-0.2, 0) is 13.1 Å². The van der Waals surface area contributed by atoms with E-state index in [1.807, 2.05) is 20.2 Å². The van der Waals surface area contributed by atoms with Gasteiger partial charge in [-0.2, -0.15) is 0 Å². The van der Waals surface area contributed by atoms with E-state index in [9.17, 15) is 0 Å². The topological polar surface area (TPSA) is 41.1 Å². The van der Waals surface area contributed by atoms with Gasteiger partial charge >= 0.3 is 0 Å². The fourth-order valence-electron chi connectivity index (χ4n) is 2.04. The minimum absolute atomic E-state index is 0.367. The van der Waals surface area contributed by atoms with E-state index in [0.29, 0.717) is 6.04 Å². The van der Waals surface area contributed by atoms with Crippen molar-refractivity contribution in [2.24, 2.45) is 0 Å². The van der Waals surface area contributed by atoms with Crippen molar-refractivity contribution >= 4 is 17.3 Å². The van der Waals surface area contributed by atoms with Gasteiger partial charge in [-0.05, 0) is 39.3 Å². The molecule has 2 aromatic heterocycles. The van der Waals surface area contributed by atoms with Crippen LogP contribution in [0.5, 0.6) is 0 Å². The number of hydrogen-bond acceptors (Lipinski definition) is 5. The van der Waals surface area contributed by atoms with Gasteiger partial charge in [0.1, 0.15) is 0 Å². The molecule has 0 amide bonds. The molecule has 2 rings (SSSR count). The van der Waals surface area contributed by atoms with Gasteiger partial charge in [0.05, 0.1) is 6.54 Å². The molecule has 4 nitrogen and oxygen atoms in total. The summed E-state index contributed by atoms with van der Waals surface area (Å²) in [6, 6.07) is 4.61. The van der Waals surface area contributed by atoms with E-state index in [2.05, 4.69) is 51.5 Å². The number of aryl methyl sites for hydroxylation is 1. The number of rotatable bonds is 6. The Labute approximate surface area is 124 Å². The summed E-state index contributed by atoms with van der Waals surface area (Å²) in [5.74, 6) is 0.811. The van der Waals surface area contributed by atoms with Gasteiger partial charge in [-0.25, -0.2) is 9.97 Å². The molecule has 0 aromatic carbocycles. The van der Waals surface area contributed by atoms with Crippen LogP contribution in [-0.4, -0.2) is 23.1 Å². The van der Waals surface area contributed by atoms with Gasteiger partial charge in [-0.3, -0.25) is 0 Å². The normalized spacial score (nSPS) is 11.1. The number of anilines is 1. The predicted molar refractivity (Wildman–Crippen MR) is 85.2 cm³/mol. The average Bonchev–Trinajstić information content (AvgIpc) is 2.91. The third-order valence-electron chi connectivity index (χ3n) is 3.22. The first kappa shape index (κ1) is 14.9. The lowest BCUT2D eigenvalue weighted by atomic mass is 10.2. The highest BCUT2D eigenvalue weighted by Gasteiger charge is 2.15. The predicted octanol–water partition coefficient (Wildman–Crippen LogP) is 2.98. The van der Waals surface area contributed by atoms with Crippen LogP contribution in [0.4, 0.5) is 5.95 Å². The lowest BCUT2D eigenvalue weighted by molar-refractivity contribution is 0.660. The summed E-state index contributed by atoms with van der Waals surface area (Å²) in [6.45, 7) is 8.06. The van der Waals surface area contributed by atoms with Crippen molar-refractivity contribution in [1.29, 1.82) is 0 Å². The van der Waals surface area contributed by atoms with Gasteiger partial charge in [-0.15, -0.1) is 11.3 Å². The van der Waals surface area contributed by atoms with E-state index in [4.69, 9.17) is 0 Å². The minimum Gasteiger partial charge on any atom is -0.333 e. The van der Waals surface area contributed by atoms with Crippen LogP contribution in [0.2, 0.25) is 0 Å². The summed E-state index contributed by atoms with van der Waals surface area (Å²) in [4.78, 5) is 12.8. The molecule has 0 unspecified atom stereocenters. The zero-order valence-corrected chi connectivity index (χ0v) is 13.4. The SMILES string of the molecule is CNCc1cnc(N(Cc2cccs2)C(C)C)nc1C. The Morgan fingerprint density at radius 1 is 1.40 bits per heavy atom. The van der Waals surface area contributed by atoms with Crippen molar-refractivity contribution in [1.82, 2.24) is 15.3 Å². The lowest BCUT2D eigenvalue weighted by Crippen LogP contribution is -2.31. The van der Waals surface area contributed by atoms with Crippen LogP contribution < -0.4 is 10.2 Å². The van der Waals surface area contributed by atoms with E-state index < -0.39 is 0 Å². The Bertz CT molecular complexity index is 537. The summed E-state index contributed by atoms with van der Waals surface area (Å²) >= 11 is 1.77. The first-order valence-corrected chi connectivity index (χ1v) is 7.76. The Kier molecular flexibility index (Phi) is 5.09. The lowest BCUT2D eigenvalue weighted by Gasteiger charge is -2.26. The molecule has 0 radical (unpaired) electrons. The number of thiophene rings is 1. The molecular weight excluding hydrogens is 268 g/mol. The van der Waals surface area contributed by atoms with E-state index >= 15 is 0 Å². The van der Waals surface area contributed by atoms with Crippen molar-refractivity contribution in [3.8, 4) is 0 Å². The molecule has 0 atom stereocenters. The molecule has 0 saturated carbocycles. The van der Waals surface area contributed by atoms with Gasteiger partial charge in [0.2, 0.25) is 5.95 Å². The average molecular weight is 290 g/mol. The summed E-state index contributed by atoms with van der Waals surface area (Å²) in [6.07, 6.45) is 1.93. The van der Waals surface area contributed by atoms with Gasteiger partial charge in [0.15, 0.2) is 0 Å². The first-order chi connectivity index (χ1) is 9.61. The highest BCUT2D eigenvalue weighted by molar-refractivity contribution is 7.09. The van der Waals surface area contributed by atoms with Gasteiger partial charge in [0, 0.05) is 34.9 Å². The number of hydrogen-bond donors (Lipinski definition) is 1. The Morgan fingerprint density at radius 2 is 2.20 bits per heavy atom. The fraction of sp³-hybridized carbons (Fsp3) is 0.467. The maximum Gasteiger partial charge on any atom is 0.226 e. The minimum atomic E-state index is 0.367. The molecule has 0 aliphatic heterocycles. The maximum atomic E-state index is 4.67. The standard InChI is InChI=1S/C15H22N4S/c1-11(2)19(10-14-6-5-7-20-14)15-17-9-13(8-16-4)12(3)18-15/h5-7,9,11,16H,8,10H2,1-4H3. The summed E-state index contributed by atoms with van der Waals surface area (Å²) in [5.41, 5.74) is 2.19. The Balaban J connectivity index is 2.23. The Hall–Kier alpha value is -1.46. The van der Waals surface area contributed by atoms with Crippen LogP contribution in [0, 0.1) is 6.92 Å². The summed E-state index contributed by atoms with van der Waals surface area (Å²) in [7, 11) is 1.94. The molecule has 108 valence electrons. The molecular formula is C15H22N4S. The van der Waals surface area contributed by atoms with Crippen molar-refractivity contribution in [2.75, 3.05) is 11.9 Å². The third kappa shape index (κ3) is 3.55. The second-order valence-electron chi connectivity index (χ2n) is 5.11. The maximum absolute atomic E-state index is 4.67. The zero-order chi connectivity index (χ0) is 14.5. The fourth-order valence-corrected chi connectivity index (χ4v) is 2.74. The first-order valence-electron chi connectivity index (χ1n) is 6.88.